The highest BCUT2D eigenvalue weighted by Crippen LogP contribution is 2.17. The fourth-order valence-corrected chi connectivity index (χ4v) is 6.88. The summed E-state index contributed by atoms with van der Waals surface area (Å²) in [7, 11) is 0. The zero-order valence-electron chi connectivity index (χ0n) is 32.3. The summed E-state index contributed by atoms with van der Waals surface area (Å²) in [5.74, 6) is -0.582. The van der Waals surface area contributed by atoms with Gasteiger partial charge >= 0.3 is 0 Å². The third kappa shape index (κ3) is 31.3. The highest BCUT2D eigenvalue weighted by molar-refractivity contribution is 5.80. The molecule has 6 nitrogen and oxygen atoms in total. The number of hydrogen-bond donors (Lipinski definition) is 5. The maximum absolute atomic E-state index is 12.4. The molecule has 0 aromatic heterocycles. The highest BCUT2D eigenvalue weighted by Gasteiger charge is 2.28. The Morgan fingerprint density at radius 3 is 1.00 bits per heavy atom. The van der Waals surface area contributed by atoms with Crippen LogP contribution in [0.2, 0.25) is 0 Å². The van der Waals surface area contributed by atoms with Crippen molar-refractivity contribution < 1.29 is 25.2 Å². The third-order valence-corrected chi connectivity index (χ3v) is 10.3. The topological polar surface area (TPSA) is 110 Å². The predicted octanol–water partition coefficient (Wildman–Crippen LogP) is 10.8. The van der Waals surface area contributed by atoms with Gasteiger partial charge in [0.15, 0.2) is 0 Å². The summed E-state index contributed by atoms with van der Waals surface area (Å²) >= 11 is 0. The molecule has 5 N–H and O–H groups in total. The van der Waals surface area contributed by atoms with E-state index in [2.05, 4.69) is 19.2 Å². The van der Waals surface area contributed by atoms with Crippen LogP contribution < -0.4 is 5.32 Å². The SMILES string of the molecule is CCCCCCCCCCCCCCCCCCCCCCCC(O)C(O)C(CO)NC(=O)C(O)CCCCCCCCCCCCC. The van der Waals surface area contributed by atoms with Crippen molar-refractivity contribution in [3.05, 3.63) is 0 Å². The third-order valence-electron chi connectivity index (χ3n) is 10.3. The van der Waals surface area contributed by atoms with E-state index < -0.39 is 36.9 Å². The Bertz CT molecular complexity index is 648. The van der Waals surface area contributed by atoms with Crippen molar-refractivity contribution in [2.24, 2.45) is 0 Å². The minimum Gasteiger partial charge on any atom is -0.394 e. The molecule has 4 atom stereocenters. The molecule has 0 aromatic rings. The lowest BCUT2D eigenvalue weighted by Gasteiger charge is -2.27. The van der Waals surface area contributed by atoms with Gasteiger partial charge in [0.05, 0.1) is 18.8 Å². The van der Waals surface area contributed by atoms with Crippen molar-refractivity contribution in [1.82, 2.24) is 5.32 Å². The molecule has 0 bridgehead atoms. The molecule has 288 valence electrons. The lowest BCUT2D eigenvalue weighted by molar-refractivity contribution is -0.132. The Morgan fingerprint density at radius 2 is 0.708 bits per heavy atom. The smallest absolute Gasteiger partial charge is 0.249 e. The van der Waals surface area contributed by atoms with Crippen molar-refractivity contribution in [3.63, 3.8) is 0 Å². The summed E-state index contributed by atoms with van der Waals surface area (Å²) in [5.41, 5.74) is 0. The van der Waals surface area contributed by atoms with Gasteiger partial charge in [-0.3, -0.25) is 4.79 Å². The number of rotatable bonds is 39. The Morgan fingerprint density at radius 1 is 0.438 bits per heavy atom. The monoisotopic (exact) mass is 684 g/mol. The van der Waals surface area contributed by atoms with Gasteiger partial charge in [-0.15, -0.1) is 0 Å². The lowest BCUT2D eigenvalue weighted by Crippen LogP contribution is -2.53. The van der Waals surface area contributed by atoms with E-state index in [-0.39, 0.29) is 0 Å². The van der Waals surface area contributed by atoms with Crippen LogP contribution in [0.15, 0.2) is 0 Å². The van der Waals surface area contributed by atoms with E-state index in [1.807, 2.05) is 0 Å². The van der Waals surface area contributed by atoms with Gasteiger partial charge in [0.2, 0.25) is 5.91 Å². The number of nitrogens with one attached hydrogen (secondary N) is 1. The van der Waals surface area contributed by atoms with E-state index in [0.717, 1.165) is 38.5 Å². The first kappa shape index (κ1) is 47.3. The van der Waals surface area contributed by atoms with Gasteiger partial charge in [0.1, 0.15) is 12.2 Å². The van der Waals surface area contributed by atoms with Crippen molar-refractivity contribution in [2.75, 3.05) is 6.61 Å². The van der Waals surface area contributed by atoms with E-state index >= 15 is 0 Å². The van der Waals surface area contributed by atoms with Gasteiger partial charge < -0.3 is 25.7 Å². The molecule has 0 saturated heterocycles. The number of carbonyl (C=O) groups excluding carboxylic acids is 1. The van der Waals surface area contributed by atoms with Gasteiger partial charge in [-0.1, -0.05) is 219 Å². The van der Waals surface area contributed by atoms with Crippen LogP contribution in [0.4, 0.5) is 0 Å². The van der Waals surface area contributed by atoms with Gasteiger partial charge in [-0.2, -0.15) is 0 Å². The van der Waals surface area contributed by atoms with Gasteiger partial charge in [-0.05, 0) is 12.8 Å². The fourth-order valence-electron chi connectivity index (χ4n) is 6.88. The molecule has 0 aliphatic carbocycles. The second-order valence-electron chi connectivity index (χ2n) is 15.1. The summed E-state index contributed by atoms with van der Waals surface area (Å²) in [6.07, 6.45) is 38.5. The van der Waals surface area contributed by atoms with Crippen LogP contribution in [-0.4, -0.2) is 57.3 Å². The quantitative estimate of drug-likeness (QED) is 0.0414. The second kappa shape index (κ2) is 37.6. The van der Waals surface area contributed by atoms with Crippen LogP contribution in [0.3, 0.4) is 0 Å². The van der Waals surface area contributed by atoms with Crippen LogP contribution in [0.5, 0.6) is 0 Å². The minimum absolute atomic E-state index is 0.374. The molecule has 0 aliphatic heterocycles. The Kier molecular flexibility index (Phi) is 37.0. The average Bonchev–Trinajstić information content (AvgIpc) is 3.09. The Hall–Kier alpha value is -0.690. The van der Waals surface area contributed by atoms with E-state index in [0.29, 0.717) is 12.8 Å². The molecule has 0 aromatic carbocycles. The summed E-state index contributed by atoms with van der Waals surface area (Å²) in [5, 5.41) is 43.6. The molecular weight excluding hydrogens is 598 g/mol. The zero-order chi connectivity index (χ0) is 35.3. The summed E-state index contributed by atoms with van der Waals surface area (Å²) < 4.78 is 0. The molecule has 0 fully saturated rings. The largest absolute Gasteiger partial charge is 0.394 e. The first-order valence-corrected chi connectivity index (χ1v) is 21.4. The van der Waals surface area contributed by atoms with E-state index in [4.69, 9.17) is 0 Å². The standard InChI is InChI=1S/C42H85NO5/c1-3-5-7-9-11-13-15-16-17-18-19-20-21-22-23-24-26-27-29-31-33-35-39(45)41(47)38(37-44)43-42(48)40(46)36-34-32-30-28-25-14-12-10-8-6-4-2/h38-41,44-47H,3-37H2,1-2H3,(H,43,48). The van der Waals surface area contributed by atoms with Gasteiger partial charge in [0, 0.05) is 0 Å². The van der Waals surface area contributed by atoms with E-state index in [1.165, 1.54) is 167 Å². The van der Waals surface area contributed by atoms with Crippen LogP contribution in [0, 0.1) is 0 Å². The molecular formula is C42H85NO5. The molecule has 0 spiro atoms. The Balaban J connectivity index is 3.67. The Labute approximate surface area is 299 Å². The van der Waals surface area contributed by atoms with E-state index in [1.54, 1.807) is 0 Å². The number of aliphatic hydroxyl groups is 4. The molecule has 48 heavy (non-hydrogen) atoms. The molecule has 0 radical (unpaired) electrons. The molecule has 0 rings (SSSR count). The molecule has 4 unspecified atom stereocenters. The molecule has 1 amide bonds. The first-order chi connectivity index (χ1) is 23.5. The predicted molar refractivity (Wildman–Crippen MR) is 205 cm³/mol. The summed E-state index contributed by atoms with van der Waals surface area (Å²) in [4.78, 5) is 12.4. The van der Waals surface area contributed by atoms with Crippen molar-refractivity contribution in [2.45, 2.75) is 257 Å². The minimum atomic E-state index is -1.25. The number of carbonyl (C=O) groups is 1. The lowest BCUT2D eigenvalue weighted by atomic mass is 9.99. The summed E-state index contributed by atoms with van der Waals surface area (Å²) in [6.45, 7) is 4.05. The fraction of sp³-hybridized carbons (Fsp3) is 0.976. The van der Waals surface area contributed by atoms with Crippen molar-refractivity contribution in [1.29, 1.82) is 0 Å². The maximum atomic E-state index is 12.4. The van der Waals surface area contributed by atoms with Crippen molar-refractivity contribution >= 4 is 5.91 Å². The average molecular weight is 684 g/mol. The molecule has 6 heteroatoms. The maximum Gasteiger partial charge on any atom is 0.249 e. The molecule has 0 aliphatic rings. The van der Waals surface area contributed by atoms with Crippen molar-refractivity contribution in [3.8, 4) is 0 Å². The van der Waals surface area contributed by atoms with Crippen LogP contribution >= 0.6 is 0 Å². The second-order valence-corrected chi connectivity index (χ2v) is 15.1. The van der Waals surface area contributed by atoms with Crippen LogP contribution in [0.25, 0.3) is 0 Å². The summed E-state index contributed by atoms with van der Waals surface area (Å²) in [6, 6.07) is -0.977. The molecule has 0 heterocycles. The normalized spacial score (nSPS) is 14.2. The number of unbranched alkanes of at least 4 members (excludes halogenated alkanes) is 30. The van der Waals surface area contributed by atoms with Crippen LogP contribution in [-0.2, 0) is 4.79 Å². The van der Waals surface area contributed by atoms with E-state index in [9.17, 15) is 25.2 Å². The zero-order valence-corrected chi connectivity index (χ0v) is 32.3. The van der Waals surface area contributed by atoms with Gasteiger partial charge in [0.25, 0.3) is 0 Å². The van der Waals surface area contributed by atoms with Crippen LogP contribution in [0.1, 0.15) is 232 Å². The highest BCUT2D eigenvalue weighted by atomic mass is 16.3. The molecule has 0 saturated carbocycles. The number of aliphatic hydroxyl groups excluding tert-OH is 4. The number of amides is 1. The number of hydrogen-bond acceptors (Lipinski definition) is 5. The van der Waals surface area contributed by atoms with Gasteiger partial charge in [-0.25, -0.2) is 0 Å². The first-order valence-electron chi connectivity index (χ1n) is 21.4.